The van der Waals surface area contributed by atoms with Gasteiger partial charge in [0.25, 0.3) is 0 Å². The van der Waals surface area contributed by atoms with E-state index in [0.29, 0.717) is 12.2 Å². The van der Waals surface area contributed by atoms with Crippen molar-refractivity contribution in [3.8, 4) is 11.3 Å². The van der Waals surface area contributed by atoms with Crippen molar-refractivity contribution in [3.63, 3.8) is 0 Å². The number of pyridine rings is 1. The third kappa shape index (κ3) is 2.60. The largest absolute Gasteiger partial charge is 0.330 e. The van der Waals surface area contributed by atoms with Gasteiger partial charge >= 0.3 is 5.69 Å². The summed E-state index contributed by atoms with van der Waals surface area (Å²) in [5.41, 5.74) is 5.12. The first-order valence-corrected chi connectivity index (χ1v) is 8.61. The van der Waals surface area contributed by atoms with Gasteiger partial charge in [-0.05, 0) is 29.7 Å². The van der Waals surface area contributed by atoms with Gasteiger partial charge < -0.3 is 0 Å². The number of hydrogen-bond donors (Lipinski definition) is 0. The normalized spacial score (nSPS) is 12.3. The predicted molar refractivity (Wildman–Crippen MR) is 102 cm³/mol. The number of nitrogens with zero attached hydrogens (tertiary/aromatic N) is 6. The average Bonchev–Trinajstić information content (AvgIpc) is 3.07. The van der Waals surface area contributed by atoms with E-state index in [1.807, 2.05) is 37.4 Å². The fourth-order valence-electron chi connectivity index (χ4n) is 3.25. The molecule has 0 aliphatic rings. The van der Waals surface area contributed by atoms with Gasteiger partial charge in [-0.2, -0.15) is 0 Å². The van der Waals surface area contributed by atoms with Gasteiger partial charge in [-0.1, -0.05) is 32.1 Å². The highest BCUT2D eigenvalue weighted by Crippen LogP contribution is 2.25. The lowest BCUT2D eigenvalue weighted by Crippen LogP contribution is -2.27. The molecule has 26 heavy (non-hydrogen) atoms. The van der Waals surface area contributed by atoms with Crippen molar-refractivity contribution in [3.05, 3.63) is 40.8 Å². The molecule has 0 aliphatic carbocycles. The minimum Gasteiger partial charge on any atom is -0.290 e. The number of benzene rings is 1. The summed E-state index contributed by atoms with van der Waals surface area (Å²) in [7, 11) is 3.64. The lowest BCUT2D eigenvalue weighted by Gasteiger charge is -2.18. The molecule has 0 fully saturated rings. The van der Waals surface area contributed by atoms with Crippen LogP contribution in [0.2, 0.25) is 0 Å². The van der Waals surface area contributed by atoms with Crippen LogP contribution in [0.25, 0.3) is 33.5 Å². The highest BCUT2D eigenvalue weighted by molar-refractivity contribution is 5.82. The summed E-state index contributed by atoms with van der Waals surface area (Å²) >= 11 is 0. The monoisotopic (exact) mass is 350 g/mol. The van der Waals surface area contributed by atoms with Crippen molar-refractivity contribution in [2.75, 3.05) is 0 Å². The quantitative estimate of drug-likeness (QED) is 0.557. The zero-order valence-electron chi connectivity index (χ0n) is 15.7. The second-order valence-electron chi connectivity index (χ2n) is 7.94. The van der Waals surface area contributed by atoms with Crippen molar-refractivity contribution < 1.29 is 0 Å². The van der Waals surface area contributed by atoms with Crippen molar-refractivity contribution in [2.24, 2.45) is 19.5 Å². The zero-order valence-corrected chi connectivity index (χ0v) is 15.7. The molecule has 4 rings (SSSR count). The molecule has 0 saturated heterocycles. The molecule has 7 heteroatoms. The van der Waals surface area contributed by atoms with E-state index < -0.39 is 0 Å². The van der Waals surface area contributed by atoms with Crippen LogP contribution in [0, 0.1) is 5.41 Å². The van der Waals surface area contributed by atoms with Crippen LogP contribution >= 0.6 is 0 Å². The maximum Gasteiger partial charge on any atom is 0.330 e. The van der Waals surface area contributed by atoms with Crippen molar-refractivity contribution >= 4 is 22.2 Å². The number of imidazole rings is 1. The molecular weight excluding hydrogens is 328 g/mol. The van der Waals surface area contributed by atoms with E-state index in [1.165, 1.54) is 0 Å². The molecule has 0 aliphatic heterocycles. The Balaban J connectivity index is 1.88. The standard InChI is InChI=1S/C19H22N6O/c1-19(2,3)11-25-15-9-8-13(20-17(15)23(4)18(25)26)12-6-7-14-16(10-12)24(5)22-21-14/h6-10H,11H2,1-5H3. The lowest BCUT2D eigenvalue weighted by atomic mass is 9.97. The van der Waals surface area contributed by atoms with Crippen molar-refractivity contribution in [2.45, 2.75) is 27.3 Å². The van der Waals surface area contributed by atoms with Crippen LogP contribution in [0.4, 0.5) is 0 Å². The van der Waals surface area contributed by atoms with E-state index in [0.717, 1.165) is 27.8 Å². The fraction of sp³-hybridized carbons (Fsp3) is 0.368. The summed E-state index contributed by atoms with van der Waals surface area (Å²) < 4.78 is 5.17. The first kappa shape index (κ1) is 16.5. The van der Waals surface area contributed by atoms with Gasteiger partial charge in [0, 0.05) is 26.2 Å². The lowest BCUT2D eigenvalue weighted by molar-refractivity contribution is 0.342. The van der Waals surface area contributed by atoms with E-state index in [1.54, 1.807) is 20.9 Å². The summed E-state index contributed by atoms with van der Waals surface area (Å²) in [5.74, 6) is 0. The van der Waals surface area contributed by atoms with Gasteiger partial charge in [-0.25, -0.2) is 14.5 Å². The molecule has 0 unspecified atom stereocenters. The molecule has 3 heterocycles. The fourth-order valence-corrected chi connectivity index (χ4v) is 3.25. The summed E-state index contributed by atoms with van der Waals surface area (Å²) in [6.07, 6.45) is 0. The number of rotatable bonds is 2. The van der Waals surface area contributed by atoms with Gasteiger partial charge in [0.05, 0.1) is 16.7 Å². The molecule has 0 N–H and O–H groups in total. The molecule has 134 valence electrons. The Morgan fingerprint density at radius 1 is 1.04 bits per heavy atom. The summed E-state index contributed by atoms with van der Waals surface area (Å²) in [6.45, 7) is 7.02. The SMILES string of the molecule is Cn1nnc2ccc(-c3ccc4c(n3)n(C)c(=O)n4CC(C)(C)C)cc21. The number of fused-ring (bicyclic) bond motifs is 2. The minimum atomic E-state index is -0.0362. The minimum absolute atomic E-state index is 0.00828. The Bertz CT molecular complexity index is 1190. The van der Waals surface area contributed by atoms with Crippen LogP contribution < -0.4 is 5.69 Å². The van der Waals surface area contributed by atoms with E-state index >= 15 is 0 Å². The van der Waals surface area contributed by atoms with Crippen LogP contribution in [-0.2, 0) is 20.6 Å². The van der Waals surface area contributed by atoms with E-state index in [9.17, 15) is 4.79 Å². The molecule has 3 aromatic heterocycles. The predicted octanol–water partition coefficient (Wildman–Crippen LogP) is 2.73. The molecule has 0 bridgehead atoms. The topological polar surface area (TPSA) is 70.5 Å². The van der Waals surface area contributed by atoms with Gasteiger partial charge in [-0.3, -0.25) is 9.13 Å². The van der Waals surface area contributed by atoms with Crippen molar-refractivity contribution in [1.82, 2.24) is 29.1 Å². The molecule has 0 amide bonds. The van der Waals surface area contributed by atoms with E-state index in [2.05, 4.69) is 31.1 Å². The molecule has 1 aromatic carbocycles. The first-order valence-electron chi connectivity index (χ1n) is 8.61. The van der Waals surface area contributed by atoms with Gasteiger partial charge in [0.15, 0.2) is 5.65 Å². The van der Waals surface area contributed by atoms with Gasteiger partial charge in [0.1, 0.15) is 5.52 Å². The number of hydrogen-bond acceptors (Lipinski definition) is 4. The molecule has 0 spiro atoms. The highest BCUT2D eigenvalue weighted by atomic mass is 16.1. The summed E-state index contributed by atoms with van der Waals surface area (Å²) in [4.78, 5) is 17.4. The molecule has 4 aromatic rings. The van der Waals surface area contributed by atoms with Crippen LogP contribution in [0.3, 0.4) is 0 Å². The van der Waals surface area contributed by atoms with Crippen LogP contribution in [0.1, 0.15) is 20.8 Å². The second kappa shape index (κ2) is 5.52. The van der Waals surface area contributed by atoms with E-state index in [-0.39, 0.29) is 11.1 Å². The highest BCUT2D eigenvalue weighted by Gasteiger charge is 2.19. The Labute approximate surface area is 150 Å². The summed E-state index contributed by atoms with van der Waals surface area (Å²) in [6, 6.07) is 9.89. The van der Waals surface area contributed by atoms with Crippen LogP contribution in [-0.4, -0.2) is 29.1 Å². The Kier molecular flexibility index (Phi) is 3.50. The summed E-state index contributed by atoms with van der Waals surface area (Å²) in [5, 5.41) is 8.15. The van der Waals surface area contributed by atoms with Crippen molar-refractivity contribution in [1.29, 1.82) is 0 Å². The second-order valence-corrected chi connectivity index (χ2v) is 7.94. The number of aromatic nitrogens is 6. The molecule has 0 saturated carbocycles. The third-order valence-corrected chi connectivity index (χ3v) is 4.52. The Morgan fingerprint density at radius 3 is 2.54 bits per heavy atom. The smallest absolute Gasteiger partial charge is 0.290 e. The molecule has 7 nitrogen and oxygen atoms in total. The molecular formula is C19H22N6O. The maximum absolute atomic E-state index is 12.7. The number of aryl methyl sites for hydroxylation is 2. The Morgan fingerprint density at radius 2 is 1.81 bits per heavy atom. The van der Waals surface area contributed by atoms with E-state index in [4.69, 9.17) is 4.98 Å². The maximum atomic E-state index is 12.7. The van der Waals surface area contributed by atoms with Crippen LogP contribution in [0.15, 0.2) is 35.1 Å². The van der Waals surface area contributed by atoms with Crippen LogP contribution in [0.5, 0.6) is 0 Å². The van der Waals surface area contributed by atoms with Gasteiger partial charge in [-0.15, -0.1) is 5.10 Å². The molecule has 0 radical (unpaired) electrons. The zero-order chi connectivity index (χ0) is 18.6. The third-order valence-electron chi connectivity index (χ3n) is 4.52. The first-order chi connectivity index (χ1) is 12.2. The van der Waals surface area contributed by atoms with Gasteiger partial charge in [0.2, 0.25) is 0 Å². The average molecular weight is 350 g/mol. The molecule has 0 atom stereocenters. The Hall–Kier alpha value is -2.96.